The van der Waals surface area contributed by atoms with E-state index in [4.69, 9.17) is 11.6 Å². The molecule has 0 aliphatic rings. The van der Waals surface area contributed by atoms with Gasteiger partial charge in [-0.3, -0.25) is 0 Å². The van der Waals surface area contributed by atoms with Crippen LogP contribution in [0.5, 0.6) is 0 Å². The van der Waals surface area contributed by atoms with Crippen molar-refractivity contribution in [3.8, 4) is 0 Å². The van der Waals surface area contributed by atoms with Gasteiger partial charge in [-0.15, -0.1) is 0 Å². The van der Waals surface area contributed by atoms with Crippen molar-refractivity contribution in [2.24, 2.45) is 0 Å². The number of nitrogens with one attached hydrogen (secondary N) is 1. The molecule has 2 heterocycles. The van der Waals surface area contributed by atoms with E-state index in [2.05, 4.69) is 9.71 Å². The number of pyridine rings is 1. The van der Waals surface area contributed by atoms with Crippen molar-refractivity contribution in [3.05, 3.63) is 65.6 Å². The third-order valence-corrected chi connectivity index (χ3v) is 4.89. The van der Waals surface area contributed by atoms with Crippen LogP contribution in [-0.4, -0.2) is 24.3 Å². The summed E-state index contributed by atoms with van der Waals surface area (Å²) < 4.78 is 28.6. The fourth-order valence-corrected chi connectivity index (χ4v) is 3.36. The monoisotopic (exact) mass is 335 g/mol. The van der Waals surface area contributed by atoms with E-state index in [0.717, 1.165) is 11.3 Å². The molecule has 0 bridgehead atoms. The van der Waals surface area contributed by atoms with Crippen LogP contribution in [0.2, 0.25) is 5.02 Å². The summed E-state index contributed by atoms with van der Waals surface area (Å²) in [5.74, 6) is 0. The van der Waals surface area contributed by atoms with E-state index in [0.29, 0.717) is 11.4 Å². The van der Waals surface area contributed by atoms with Gasteiger partial charge in [0.1, 0.15) is 5.65 Å². The van der Waals surface area contributed by atoms with Crippen molar-refractivity contribution in [2.75, 3.05) is 6.54 Å². The lowest BCUT2D eigenvalue weighted by molar-refractivity contribution is 0.581. The molecule has 0 radical (unpaired) electrons. The summed E-state index contributed by atoms with van der Waals surface area (Å²) >= 11 is 5.92. The van der Waals surface area contributed by atoms with Crippen molar-refractivity contribution in [2.45, 2.75) is 11.3 Å². The molecule has 0 atom stereocenters. The van der Waals surface area contributed by atoms with Crippen molar-refractivity contribution < 1.29 is 8.42 Å². The summed E-state index contributed by atoms with van der Waals surface area (Å²) in [6.45, 7) is 0.287. The minimum atomic E-state index is -3.47. The van der Waals surface area contributed by atoms with Crippen LogP contribution in [0.3, 0.4) is 0 Å². The standard InChI is InChI=1S/C15H14ClN3O2S/c16-12-6-7-15-18-13(11-19(15)10-12)8-9-17-22(20,21)14-4-2-1-3-5-14/h1-7,10-11,17H,8-9H2. The Hall–Kier alpha value is -1.89. The molecule has 0 aliphatic heterocycles. The Balaban J connectivity index is 1.67. The number of nitrogens with zero attached hydrogens (tertiary/aromatic N) is 2. The van der Waals surface area contributed by atoms with Gasteiger partial charge in [-0.2, -0.15) is 0 Å². The molecule has 22 heavy (non-hydrogen) atoms. The maximum Gasteiger partial charge on any atom is 0.240 e. The van der Waals surface area contributed by atoms with Gasteiger partial charge in [-0.25, -0.2) is 18.1 Å². The van der Waals surface area contributed by atoms with Crippen molar-refractivity contribution in [1.82, 2.24) is 14.1 Å². The fourth-order valence-electron chi connectivity index (χ4n) is 2.13. The number of sulfonamides is 1. The molecule has 7 heteroatoms. The highest BCUT2D eigenvalue weighted by atomic mass is 35.5. The van der Waals surface area contributed by atoms with Crippen LogP contribution >= 0.6 is 11.6 Å². The molecule has 5 nitrogen and oxygen atoms in total. The number of imidazole rings is 1. The number of benzene rings is 1. The van der Waals surface area contributed by atoms with E-state index in [-0.39, 0.29) is 11.4 Å². The quantitative estimate of drug-likeness (QED) is 0.779. The Kier molecular flexibility index (Phi) is 4.15. The van der Waals surface area contributed by atoms with Gasteiger partial charge in [-0.1, -0.05) is 29.8 Å². The zero-order valence-electron chi connectivity index (χ0n) is 11.6. The zero-order valence-corrected chi connectivity index (χ0v) is 13.2. The number of aromatic nitrogens is 2. The SMILES string of the molecule is O=S(=O)(NCCc1cn2cc(Cl)ccc2n1)c1ccccc1. The predicted molar refractivity (Wildman–Crippen MR) is 85.5 cm³/mol. The van der Waals surface area contributed by atoms with Crippen molar-refractivity contribution in [3.63, 3.8) is 0 Å². The minimum absolute atomic E-state index is 0.261. The summed E-state index contributed by atoms with van der Waals surface area (Å²) in [5.41, 5.74) is 1.59. The van der Waals surface area contributed by atoms with E-state index >= 15 is 0 Å². The second-order valence-electron chi connectivity index (χ2n) is 4.81. The maximum atomic E-state index is 12.1. The highest BCUT2D eigenvalue weighted by molar-refractivity contribution is 7.89. The number of fused-ring (bicyclic) bond motifs is 1. The summed E-state index contributed by atoms with van der Waals surface area (Å²) in [7, 11) is -3.47. The van der Waals surface area contributed by atoms with E-state index in [9.17, 15) is 8.42 Å². The molecule has 1 aromatic carbocycles. The molecule has 0 aliphatic carbocycles. The second kappa shape index (κ2) is 6.08. The van der Waals surface area contributed by atoms with Gasteiger partial charge >= 0.3 is 0 Å². The summed E-state index contributed by atoms with van der Waals surface area (Å²) in [6.07, 6.45) is 4.12. The van der Waals surface area contributed by atoms with Gasteiger partial charge in [0.05, 0.1) is 15.6 Å². The molecule has 114 valence electrons. The van der Waals surface area contributed by atoms with Gasteiger partial charge < -0.3 is 4.40 Å². The van der Waals surface area contributed by atoms with Gasteiger partial charge in [0.15, 0.2) is 0 Å². The average Bonchev–Trinajstić information content (AvgIpc) is 2.89. The smallest absolute Gasteiger partial charge is 0.240 e. The van der Waals surface area contributed by atoms with Crippen LogP contribution in [0, 0.1) is 0 Å². The predicted octanol–water partition coefficient (Wildman–Crippen LogP) is 2.51. The molecule has 3 aromatic rings. The topological polar surface area (TPSA) is 63.5 Å². The van der Waals surface area contributed by atoms with Gasteiger partial charge in [0.25, 0.3) is 0 Å². The molecule has 0 amide bonds. The molecule has 3 rings (SSSR count). The molecule has 0 saturated heterocycles. The molecule has 0 spiro atoms. The number of hydrogen-bond acceptors (Lipinski definition) is 3. The lowest BCUT2D eigenvalue weighted by atomic mass is 10.3. The van der Waals surface area contributed by atoms with Crippen LogP contribution in [-0.2, 0) is 16.4 Å². The largest absolute Gasteiger partial charge is 0.305 e. The molecule has 0 fully saturated rings. The highest BCUT2D eigenvalue weighted by Crippen LogP contribution is 2.12. The Labute approximate surface area is 133 Å². The minimum Gasteiger partial charge on any atom is -0.305 e. The number of halogens is 1. The first-order valence-electron chi connectivity index (χ1n) is 6.72. The van der Waals surface area contributed by atoms with E-state index in [1.165, 1.54) is 0 Å². The van der Waals surface area contributed by atoms with Crippen LogP contribution < -0.4 is 4.72 Å². The summed E-state index contributed by atoms with van der Waals surface area (Å²) in [6, 6.07) is 11.9. The Morgan fingerprint density at radius 3 is 2.64 bits per heavy atom. The van der Waals surface area contributed by atoms with Crippen LogP contribution in [0.15, 0.2) is 59.8 Å². The van der Waals surface area contributed by atoms with E-state index in [1.54, 1.807) is 42.6 Å². The van der Waals surface area contributed by atoms with Crippen molar-refractivity contribution in [1.29, 1.82) is 0 Å². The van der Waals surface area contributed by atoms with Crippen LogP contribution in [0.4, 0.5) is 0 Å². The lowest BCUT2D eigenvalue weighted by Crippen LogP contribution is -2.26. The first kappa shape index (κ1) is 15.0. The van der Waals surface area contributed by atoms with Crippen LogP contribution in [0.1, 0.15) is 5.69 Å². The highest BCUT2D eigenvalue weighted by Gasteiger charge is 2.12. The van der Waals surface area contributed by atoms with E-state index in [1.807, 2.05) is 16.7 Å². The maximum absolute atomic E-state index is 12.1. The van der Waals surface area contributed by atoms with Crippen molar-refractivity contribution >= 4 is 27.3 Å². The Morgan fingerprint density at radius 2 is 1.86 bits per heavy atom. The number of hydrogen-bond donors (Lipinski definition) is 1. The third-order valence-electron chi connectivity index (χ3n) is 3.19. The molecular formula is C15H14ClN3O2S. The first-order valence-corrected chi connectivity index (χ1v) is 8.58. The fraction of sp³-hybridized carbons (Fsp3) is 0.133. The third kappa shape index (κ3) is 3.30. The van der Waals surface area contributed by atoms with E-state index < -0.39 is 10.0 Å². The first-order chi connectivity index (χ1) is 10.5. The van der Waals surface area contributed by atoms with Gasteiger partial charge in [0.2, 0.25) is 10.0 Å². The average molecular weight is 336 g/mol. The zero-order chi connectivity index (χ0) is 15.6. The molecule has 2 aromatic heterocycles. The molecule has 0 unspecified atom stereocenters. The summed E-state index contributed by atoms with van der Waals surface area (Å²) in [5, 5.41) is 0.626. The second-order valence-corrected chi connectivity index (χ2v) is 7.01. The molecular weight excluding hydrogens is 322 g/mol. The summed E-state index contributed by atoms with van der Waals surface area (Å²) in [4.78, 5) is 4.68. The Bertz CT molecular complexity index is 892. The molecule has 0 saturated carbocycles. The van der Waals surface area contributed by atoms with Gasteiger partial charge in [-0.05, 0) is 24.3 Å². The normalized spacial score (nSPS) is 11.9. The lowest BCUT2D eigenvalue weighted by Gasteiger charge is -2.05. The Morgan fingerprint density at radius 1 is 1.09 bits per heavy atom. The van der Waals surface area contributed by atoms with Crippen LogP contribution in [0.25, 0.3) is 5.65 Å². The number of rotatable bonds is 5. The molecule has 1 N–H and O–H groups in total. The van der Waals surface area contributed by atoms with Gasteiger partial charge in [0, 0.05) is 25.4 Å².